The molecule has 2 aromatic rings. The third kappa shape index (κ3) is 5.08. The lowest BCUT2D eigenvalue weighted by Crippen LogP contribution is -2.28. The van der Waals surface area contributed by atoms with Crippen molar-refractivity contribution in [2.45, 2.75) is 19.9 Å². The average Bonchev–Trinajstić information content (AvgIpc) is 2.55. The summed E-state index contributed by atoms with van der Waals surface area (Å²) in [5.41, 5.74) is 0.990. The van der Waals surface area contributed by atoms with Crippen LogP contribution in [0.2, 0.25) is 5.02 Å². The predicted octanol–water partition coefficient (Wildman–Crippen LogP) is 4.49. The van der Waals surface area contributed by atoms with Crippen LogP contribution in [0.4, 0.5) is 8.78 Å². The highest BCUT2D eigenvalue weighted by atomic mass is 35.5. The summed E-state index contributed by atoms with van der Waals surface area (Å²) in [6.45, 7) is 3.88. The Bertz CT molecular complexity index is 836. The number of hydrogen-bond acceptors (Lipinski definition) is 2. The lowest BCUT2D eigenvalue weighted by atomic mass is 9.98. The molecule has 0 saturated heterocycles. The summed E-state index contributed by atoms with van der Waals surface area (Å²) in [6.07, 6.45) is 0. The first-order valence-corrected chi connectivity index (χ1v) is 9.30. The van der Waals surface area contributed by atoms with Gasteiger partial charge in [-0.25, -0.2) is 17.7 Å². The molecule has 25 heavy (non-hydrogen) atoms. The Morgan fingerprint density at radius 2 is 1.76 bits per heavy atom. The number of benzene rings is 2. The van der Waals surface area contributed by atoms with E-state index in [1.54, 1.807) is 6.07 Å². The second-order valence-corrected chi connectivity index (χ2v) is 7.65. The molecule has 0 aliphatic rings. The van der Waals surface area contributed by atoms with Crippen LogP contribution in [-0.2, 0) is 11.0 Å². The summed E-state index contributed by atoms with van der Waals surface area (Å²) in [7, 11) is -1.37. The minimum atomic E-state index is -1.37. The molecule has 0 aliphatic heterocycles. The van der Waals surface area contributed by atoms with Crippen LogP contribution in [0.5, 0.6) is 0 Å². The smallest absolute Gasteiger partial charge is 0.141 e. The van der Waals surface area contributed by atoms with Crippen LogP contribution in [-0.4, -0.2) is 9.96 Å². The van der Waals surface area contributed by atoms with Crippen LogP contribution in [0.1, 0.15) is 36.6 Å². The van der Waals surface area contributed by atoms with Crippen LogP contribution < -0.4 is 4.72 Å². The number of rotatable bonds is 6. The van der Waals surface area contributed by atoms with Gasteiger partial charge in [-0.1, -0.05) is 37.6 Å². The van der Waals surface area contributed by atoms with Gasteiger partial charge >= 0.3 is 0 Å². The number of nitriles is 1. The van der Waals surface area contributed by atoms with E-state index in [9.17, 15) is 13.0 Å². The van der Waals surface area contributed by atoms with Crippen molar-refractivity contribution in [2.24, 2.45) is 5.92 Å². The van der Waals surface area contributed by atoms with Crippen LogP contribution >= 0.6 is 11.6 Å². The molecular weight excluding hydrogens is 366 g/mol. The van der Waals surface area contributed by atoms with Crippen molar-refractivity contribution in [3.8, 4) is 6.07 Å². The molecule has 0 aliphatic carbocycles. The van der Waals surface area contributed by atoms with Gasteiger partial charge in [0.15, 0.2) is 0 Å². The second-order valence-electron chi connectivity index (χ2n) is 5.98. The zero-order valence-corrected chi connectivity index (χ0v) is 15.3. The highest BCUT2D eigenvalue weighted by Gasteiger charge is 2.20. The summed E-state index contributed by atoms with van der Waals surface area (Å²) in [5, 5.41) is 8.97. The Morgan fingerprint density at radius 3 is 2.32 bits per heavy atom. The summed E-state index contributed by atoms with van der Waals surface area (Å²) in [4.78, 5) is 0. The third-order valence-corrected chi connectivity index (χ3v) is 5.21. The molecule has 0 aromatic heterocycles. The van der Waals surface area contributed by atoms with Crippen molar-refractivity contribution in [1.29, 1.82) is 5.26 Å². The molecule has 3 nitrogen and oxygen atoms in total. The molecule has 7 heteroatoms. The van der Waals surface area contributed by atoms with Crippen molar-refractivity contribution in [3.63, 3.8) is 0 Å². The van der Waals surface area contributed by atoms with Crippen LogP contribution in [0.15, 0.2) is 36.4 Å². The van der Waals surface area contributed by atoms with E-state index in [1.807, 2.05) is 13.8 Å². The van der Waals surface area contributed by atoms with E-state index >= 15 is 0 Å². The molecule has 0 radical (unpaired) electrons. The normalized spacial score (nSPS) is 13.5. The van der Waals surface area contributed by atoms with E-state index in [1.165, 1.54) is 36.4 Å². The topological polar surface area (TPSA) is 52.9 Å². The summed E-state index contributed by atoms with van der Waals surface area (Å²) in [5.74, 6) is -0.582. The maximum absolute atomic E-state index is 13.6. The van der Waals surface area contributed by atoms with E-state index < -0.39 is 28.7 Å². The second kappa shape index (κ2) is 8.52. The van der Waals surface area contributed by atoms with Crippen molar-refractivity contribution >= 4 is 22.6 Å². The van der Waals surface area contributed by atoms with Crippen molar-refractivity contribution < 1.29 is 13.0 Å². The highest BCUT2D eigenvalue weighted by molar-refractivity contribution is 7.83. The standard InChI is InChI=1S/C18H17ClF2N2OS/c1-11(2)10-25(24)23-18(13-4-6-17(21)15(19)8-13)12-3-5-16(20)14(7-12)9-22/h3-8,11,18,23H,10H2,1-2H3. The molecule has 2 rings (SSSR count). The lowest BCUT2D eigenvalue weighted by molar-refractivity contribution is 0.619. The largest absolute Gasteiger partial charge is 0.243 e. The molecule has 2 unspecified atom stereocenters. The summed E-state index contributed by atoms with van der Waals surface area (Å²) < 4.78 is 42.4. The van der Waals surface area contributed by atoms with Crippen LogP contribution in [0, 0.1) is 28.9 Å². The van der Waals surface area contributed by atoms with Gasteiger partial charge < -0.3 is 0 Å². The first-order chi connectivity index (χ1) is 11.8. The zero-order valence-electron chi connectivity index (χ0n) is 13.7. The zero-order chi connectivity index (χ0) is 18.6. The van der Waals surface area contributed by atoms with Crippen molar-refractivity contribution in [1.82, 2.24) is 4.72 Å². The summed E-state index contributed by atoms with van der Waals surface area (Å²) in [6, 6.07) is 9.38. The van der Waals surface area contributed by atoms with Gasteiger partial charge in [-0.3, -0.25) is 0 Å². The Morgan fingerprint density at radius 1 is 1.16 bits per heavy atom. The number of halogens is 3. The van der Waals surface area contributed by atoms with Gasteiger partial charge in [0.2, 0.25) is 0 Å². The van der Waals surface area contributed by atoms with Gasteiger partial charge in [-0.15, -0.1) is 0 Å². The van der Waals surface area contributed by atoms with Crippen LogP contribution in [0.3, 0.4) is 0 Å². The SMILES string of the molecule is CC(C)CS(=O)NC(c1ccc(F)c(Cl)c1)c1ccc(F)c(C#N)c1. The van der Waals surface area contributed by atoms with E-state index in [2.05, 4.69) is 4.72 Å². The van der Waals surface area contributed by atoms with Gasteiger partial charge in [0.1, 0.15) is 17.7 Å². The molecule has 2 atom stereocenters. The Balaban J connectivity index is 2.46. The van der Waals surface area contributed by atoms with Gasteiger partial charge in [0.25, 0.3) is 0 Å². The van der Waals surface area contributed by atoms with E-state index in [0.29, 0.717) is 16.9 Å². The van der Waals surface area contributed by atoms with E-state index in [4.69, 9.17) is 16.9 Å². The molecule has 132 valence electrons. The molecule has 0 amide bonds. The van der Waals surface area contributed by atoms with Crippen molar-refractivity contribution in [2.75, 3.05) is 5.75 Å². The van der Waals surface area contributed by atoms with E-state index in [-0.39, 0.29) is 16.5 Å². The number of hydrogen-bond donors (Lipinski definition) is 1. The third-order valence-electron chi connectivity index (χ3n) is 3.46. The minimum absolute atomic E-state index is 0.0680. The van der Waals surface area contributed by atoms with Crippen LogP contribution in [0.25, 0.3) is 0 Å². The quantitative estimate of drug-likeness (QED) is 0.800. The Hall–Kier alpha value is -1.81. The first kappa shape index (κ1) is 19.5. The molecule has 0 fully saturated rings. The van der Waals surface area contributed by atoms with Gasteiger partial charge in [-0.2, -0.15) is 5.26 Å². The molecule has 0 bridgehead atoms. The van der Waals surface area contributed by atoms with Gasteiger partial charge in [-0.05, 0) is 41.3 Å². The number of nitrogens with one attached hydrogen (secondary N) is 1. The first-order valence-electron chi connectivity index (χ1n) is 7.61. The molecule has 2 aromatic carbocycles. The number of nitrogens with zero attached hydrogens (tertiary/aromatic N) is 1. The van der Waals surface area contributed by atoms with Gasteiger partial charge in [0, 0.05) is 5.75 Å². The fraction of sp³-hybridized carbons (Fsp3) is 0.278. The molecule has 0 spiro atoms. The molecule has 1 N–H and O–H groups in total. The Labute approximate surface area is 153 Å². The maximum Gasteiger partial charge on any atom is 0.141 e. The average molecular weight is 383 g/mol. The molecular formula is C18H17ClF2N2OS. The van der Waals surface area contributed by atoms with Gasteiger partial charge in [0.05, 0.1) is 27.6 Å². The van der Waals surface area contributed by atoms with Crippen molar-refractivity contribution in [3.05, 3.63) is 69.7 Å². The minimum Gasteiger partial charge on any atom is -0.243 e. The lowest BCUT2D eigenvalue weighted by Gasteiger charge is -2.20. The Kier molecular flexibility index (Phi) is 6.65. The highest BCUT2D eigenvalue weighted by Crippen LogP contribution is 2.27. The fourth-order valence-corrected chi connectivity index (χ4v) is 3.74. The van der Waals surface area contributed by atoms with E-state index in [0.717, 1.165) is 0 Å². The summed E-state index contributed by atoms with van der Waals surface area (Å²) >= 11 is 5.86. The maximum atomic E-state index is 13.6. The fourth-order valence-electron chi connectivity index (χ4n) is 2.31. The molecule has 0 heterocycles. The monoisotopic (exact) mass is 382 g/mol. The predicted molar refractivity (Wildman–Crippen MR) is 95.4 cm³/mol. The molecule has 0 saturated carbocycles.